The topological polar surface area (TPSA) is 139 Å². The van der Waals surface area contributed by atoms with Gasteiger partial charge < -0.3 is 21.3 Å². The number of fused-ring (bicyclic) bond motifs is 1. The van der Waals surface area contributed by atoms with Crippen molar-refractivity contribution in [2.45, 2.75) is 53.4 Å². The van der Waals surface area contributed by atoms with E-state index in [1.807, 2.05) is 19.9 Å². The number of aryl methyl sites for hydroxylation is 2. The van der Waals surface area contributed by atoms with Gasteiger partial charge in [0.05, 0.1) is 5.39 Å². The number of aromatic hydroxyl groups is 2. The molecule has 2 aromatic heterocycles. The summed E-state index contributed by atoms with van der Waals surface area (Å²) in [6, 6.07) is 10.3. The van der Waals surface area contributed by atoms with E-state index in [0.29, 0.717) is 5.39 Å². The zero-order chi connectivity index (χ0) is 25.5. The van der Waals surface area contributed by atoms with Crippen molar-refractivity contribution in [1.82, 2.24) is 19.5 Å². The van der Waals surface area contributed by atoms with Crippen LogP contribution in [-0.2, 0) is 12.8 Å². The second-order valence-corrected chi connectivity index (χ2v) is 7.76. The average Bonchev–Trinajstić information content (AvgIpc) is 2.86. The van der Waals surface area contributed by atoms with Crippen LogP contribution in [0.5, 0.6) is 11.5 Å². The number of anilines is 3. The van der Waals surface area contributed by atoms with Crippen LogP contribution in [0.15, 0.2) is 47.4 Å². The Hall–Kier alpha value is -4.14. The molecule has 0 saturated heterocycles. The molecule has 0 radical (unpaired) electrons. The SMILES string of the molecule is CC.CCCCc1ccc(Nc2ncc3c(N)n(-c4c(O)cccc4O)c(=O)nc3n2)cc1CC. The fourth-order valence-corrected chi connectivity index (χ4v) is 3.80. The first-order valence-electron chi connectivity index (χ1n) is 11.9. The van der Waals surface area contributed by atoms with Crippen LogP contribution in [-0.4, -0.2) is 29.7 Å². The third-order valence-corrected chi connectivity index (χ3v) is 5.54. The van der Waals surface area contributed by atoms with E-state index in [2.05, 4.69) is 46.2 Å². The van der Waals surface area contributed by atoms with Gasteiger partial charge in [-0.2, -0.15) is 9.97 Å². The molecule has 9 nitrogen and oxygen atoms in total. The van der Waals surface area contributed by atoms with Crippen molar-refractivity contribution in [3.05, 3.63) is 64.2 Å². The first-order valence-corrected chi connectivity index (χ1v) is 11.9. The molecule has 4 rings (SSSR count). The lowest BCUT2D eigenvalue weighted by Gasteiger charge is -2.14. The minimum Gasteiger partial charge on any atom is -0.506 e. The summed E-state index contributed by atoms with van der Waals surface area (Å²) in [7, 11) is 0. The van der Waals surface area contributed by atoms with E-state index in [4.69, 9.17) is 5.73 Å². The Labute approximate surface area is 204 Å². The quantitative estimate of drug-likeness (QED) is 0.297. The molecule has 0 saturated carbocycles. The number of rotatable bonds is 7. The molecule has 35 heavy (non-hydrogen) atoms. The van der Waals surface area contributed by atoms with Crippen LogP contribution in [0.2, 0.25) is 0 Å². The third kappa shape index (κ3) is 5.34. The number of nitrogens with two attached hydrogens (primary N) is 1. The monoisotopic (exact) mass is 476 g/mol. The van der Waals surface area contributed by atoms with Gasteiger partial charge >= 0.3 is 5.69 Å². The summed E-state index contributed by atoms with van der Waals surface area (Å²) in [6.07, 6.45) is 5.72. The first-order chi connectivity index (χ1) is 16.9. The molecule has 0 aliphatic rings. The molecule has 0 unspecified atom stereocenters. The Bertz CT molecular complexity index is 1360. The fraction of sp³-hybridized carbons (Fsp3) is 0.308. The van der Waals surface area contributed by atoms with Crippen LogP contribution >= 0.6 is 0 Å². The molecule has 0 bridgehead atoms. The highest BCUT2D eigenvalue weighted by molar-refractivity contribution is 5.86. The van der Waals surface area contributed by atoms with Crippen molar-refractivity contribution in [2.75, 3.05) is 11.1 Å². The van der Waals surface area contributed by atoms with Crippen LogP contribution in [0.3, 0.4) is 0 Å². The van der Waals surface area contributed by atoms with Crippen LogP contribution in [0, 0.1) is 0 Å². The zero-order valence-corrected chi connectivity index (χ0v) is 20.5. The maximum atomic E-state index is 12.7. The molecular weight excluding hydrogens is 444 g/mol. The summed E-state index contributed by atoms with van der Waals surface area (Å²) in [6.45, 7) is 8.31. The summed E-state index contributed by atoms with van der Waals surface area (Å²) in [5.41, 5.74) is 8.81. The van der Waals surface area contributed by atoms with Gasteiger partial charge in [-0.15, -0.1) is 0 Å². The number of hydrogen-bond donors (Lipinski definition) is 4. The highest BCUT2D eigenvalue weighted by Crippen LogP contribution is 2.32. The standard InChI is InChI=1S/C24H26N6O3.C2H6/c1-3-5-7-15-10-11-16(12-14(15)4-2)27-23-26-13-17-21(25)30(24(33)29-22(17)28-23)20-18(31)8-6-9-19(20)32;1-2/h6,8-13,31-32H,3-5,7,25H2,1-2H3,(H,27,28,29,33);1-2H3. The number of nitrogens with one attached hydrogen (secondary N) is 1. The number of nitrogens with zero attached hydrogens (tertiary/aromatic N) is 4. The van der Waals surface area contributed by atoms with Gasteiger partial charge in [-0.05, 0) is 54.7 Å². The van der Waals surface area contributed by atoms with E-state index in [1.54, 1.807) is 0 Å². The largest absolute Gasteiger partial charge is 0.506 e. The molecule has 0 amide bonds. The zero-order valence-electron chi connectivity index (χ0n) is 20.5. The van der Waals surface area contributed by atoms with Crippen molar-refractivity contribution in [1.29, 1.82) is 0 Å². The number of para-hydroxylation sites is 1. The smallest absolute Gasteiger partial charge is 0.356 e. The van der Waals surface area contributed by atoms with E-state index in [9.17, 15) is 15.0 Å². The number of aromatic nitrogens is 4. The molecule has 0 aliphatic heterocycles. The molecule has 2 aromatic carbocycles. The predicted molar refractivity (Wildman–Crippen MR) is 140 cm³/mol. The van der Waals surface area contributed by atoms with Gasteiger partial charge in [-0.1, -0.05) is 46.2 Å². The molecule has 0 aliphatic carbocycles. The van der Waals surface area contributed by atoms with Crippen molar-refractivity contribution >= 4 is 28.5 Å². The van der Waals surface area contributed by atoms with Crippen LogP contribution < -0.4 is 16.7 Å². The van der Waals surface area contributed by atoms with E-state index >= 15 is 0 Å². The van der Waals surface area contributed by atoms with E-state index < -0.39 is 5.69 Å². The van der Waals surface area contributed by atoms with E-state index in [1.165, 1.54) is 35.5 Å². The van der Waals surface area contributed by atoms with Crippen molar-refractivity contribution in [3.8, 4) is 17.2 Å². The van der Waals surface area contributed by atoms with E-state index in [0.717, 1.165) is 35.9 Å². The van der Waals surface area contributed by atoms with Crippen LogP contribution in [0.4, 0.5) is 17.5 Å². The fourth-order valence-electron chi connectivity index (χ4n) is 3.80. The molecule has 0 spiro atoms. The van der Waals surface area contributed by atoms with Crippen LogP contribution in [0.1, 0.15) is 51.7 Å². The minimum atomic E-state index is -0.782. The molecule has 9 heteroatoms. The number of nitrogen functional groups attached to an aromatic ring is 1. The van der Waals surface area contributed by atoms with Crippen molar-refractivity contribution in [2.24, 2.45) is 0 Å². The number of phenolic OH excluding ortho intramolecular Hbond substituents is 2. The van der Waals surface area contributed by atoms with Crippen LogP contribution in [0.25, 0.3) is 16.7 Å². The van der Waals surface area contributed by atoms with Gasteiger partial charge in [-0.3, -0.25) is 0 Å². The third-order valence-electron chi connectivity index (χ3n) is 5.54. The van der Waals surface area contributed by atoms with Crippen molar-refractivity contribution in [3.63, 3.8) is 0 Å². The molecule has 0 atom stereocenters. The Morgan fingerprint density at radius 2 is 1.74 bits per heavy atom. The lowest BCUT2D eigenvalue weighted by atomic mass is 9.99. The molecule has 2 heterocycles. The minimum absolute atomic E-state index is 0.0399. The maximum absolute atomic E-state index is 12.7. The molecule has 0 fully saturated rings. The Kier molecular flexibility index (Phi) is 8.25. The Balaban J connectivity index is 0.00000167. The average molecular weight is 477 g/mol. The lowest BCUT2D eigenvalue weighted by molar-refractivity contribution is 0.445. The highest BCUT2D eigenvalue weighted by Gasteiger charge is 2.18. The summed E-state index contributed by atoms with van der Waals surface area (Å²) < 4.78 is 0.937. The Morgan fingerprint density at radius 1 is 1.03 bits per heavy atom. The van der Waals surface area contributed by atoms with Gasteiger partial charge in [-0.25, -0.2) is 14.3 Å². The Morgan fingerprint density at radius 3 is 2.40 bits per heavy atom. The molecule has 4 aromatic rings. The maximum Gasteiger partial charge on any atom is 0.356 e. The number of benzene rings is 2. The lowest BCUT2D eigenvalue weighted by Crippen LogP contribution is -2.25. The molecule has 5 N–H and O–H groups in total. The van der Waals surface area contributed by atoms with E-state index in [-0.39, 0.29) is 34.6 Å². The summed E-state index contributed by atoms with van der Waals surface area (Å²) in [4.78, 5) is 25.4. The number of unbranched alkanes of at least 4 members (excludes halogenated alkanes) is 1. The van der Waals surface area contributed by atoms with Gasteiger partial charge in [0.1, 0.15) is 23.0 Å². The normalized spacial score (nSPS) is 10.6. The molecule has 184 valence electrons. The summed E-state index contributed by atoms with van der Waals surface area (Å²) in [5, 5.41) is 23.8. The van der Waals surface area contributed by atoms with Crippen molar-refractivity contribution < 1.29 is 10.2 Å². The second kappa shape index (κ2) is 11.3. The van der Waals surface area contributed by atoms with Gasteiger partial charge in [0, 0.05) is 11.9 Å². The highest BCUT2D eigenvalue weighted by atomic mass is 16.3. The summed E-state index contributed by atoms with van der Waals surface area (Å²) in [5.74, 6) is -0.376. The van der Waals surface area contributed by atoms with Gasteiger partial charge in [0.2, 0.25) is 5.95 Å². The molecular formula is C26H32N6O3. The van der Waals surface area contributed by atoms with Gasteiger partial charge in [0.15, 0.2) is 5.65 Å². The first kappa shape index (κ1) is 25.5. The predicted octanol–water partition coefficient (Wildman–Crippen LogP) is 4.84. The summed E-state index contributed by atoms with van der Waals surface area (Å²) >= 11 is 0. The van der Waals surface area contributed by atoms with Gasteiger partial charge in [0.25, 0.3) is 0 Å². The second-order valence-electron chi connectivity index (χ2n) is 7.76. The number of hydrogen-bond acceptors (Lipinski definition) is 8. The number of phenols is 2.